The van der Waals surface area contributed by atoms with Crippen LogP contribution in [0, 0.1) is 11.6 Å². The lowest BCUT2D eigenvalue weighted by atomic mass is 10.0. The Labute approximate surface area is 209 Å². The number of urea groups is 1. The van der Waals surface area contributed by atoms with Gasteiger partial charge in [0.1, 0.15) is 12.3 Å². The number of rotatable bonds is 6. The zero-order chi connectivity index (χ0) is 26.6. The molecule has 14 heteroatoms. The third-order valence-electron chi connectivity index (χ3n) is 6.17. The standard InChI is InChI=1S/C23H25F5N6O3/c24-16-2-1-14(11-17(16)25)18-12-37-13-20(35)34(18)22(36)31-8-7-29-15-4-9-33(10-5-15)21-30-6-3-19(32-21)23(26,27)28/h1-3,6,11,15,18,29H,4-5,7-10,12-13H2,(H,31,36)/t18-/m1/s1. The number of carbonyl (C=O) groups is 2. The van der Waals surface area contributed by atoms with Crippen LogP contribution in [0.25, 0.3) is 0 Å². The molecule has 3 amide bonds. The van der Waals surface area contributed by atoms with Crippen molar-refractivity contribution in [2.75, 3.05) is 44.3 Å². The Morgan fingerprint density at radius 1 is 1.11 bits per heavy atom. The van der Waals surface area contributed by atoms with Gasteiger partial charge in [0.15, 0.2) is 11.6 Å². The SMILES string of the molecule is O=C1COC[C@H](c2ccc(F)c(F)c2)N1C(=O)NCCNC1CCN(c2nccc(C(F)(F)F)n2)CC1. The van der Waals surface area contributed by atoms with E-state index in [0.717, 1.165) is 29.3 Å². The van der Waals surface area contributed by atoms with Crippen molar-refractivity contribution in [1.82, 2.24) is 25.5 Å². The third-order valence-corrected chi connectivity index (χ3v) is 6.17. The summed E-state index contributed by atoms with van der Waals surface area (Å²) in [4.78, 5) is 35.3. The second-order valence-electron chi connectivity index (χ2n) is 8.66. The first-order valence-corrected chi connectivity index (χ1v) is 11.6. The molecule has 1 aromatic heterocycles. The van der Waals surface area contributed by atoms with E-state index in [4.69, 9.17) is 4.74 Å². The zero-order valence-electron chi connectivity index (χ0n) is 19.6. The summed E-state index contributed by atoms with van der Waals surface area (Å²) in [5.41, 5.74) is -0.754. The Balaban J connectivity index is 1.24. The van der Waals surface area contributed by atoms with E-state index in [0.29, 0.717) is 32.5 Å². The molecule has 1 atom stereocenters. The van der Waals surface area contributed by atoms with Gasteiger partial charge in [-0.15, -0.1) is 0 Å². The number of nitrogens with one attached hydrogen (secondary N) is 2. The number of hydrogen-bond donors (Lipinski definition) is 2. The quantitative estimate of drug-likeness (QED) is 0.439. The molecular formula is C23H25F5N6O3. The highest BCUT2D eigenvalue weighted by molar-refractivity contribution is 5.96. The van der Waals surface area contributed by atoms with Gasteiger partial charge in [-0.25, -0.2) is 23.5 Å². The third kappa shape index (κ3) is 6.49. The predicted molar refractivity (Wildman–Crippen MR) is 120 cm³/mol. The minimum Gasteiger partial charge on any atom is -0.369 e. The minimum absolute atomic E-state index is 0.0336. The van der Waals surface area contributed by atoms with Crippen LogP contribution in [0.1, 0.15) is 30.1 Å². The first-order valence-electron chi connectivity index (χ1n) is 11.6. The smallest absolute Gasteiger partial charge is 0.369 e. The van der Waals surface area contributed by atoms with E-state index in [-0.39, 0.29) is 37.3 Å². The van der Waals surface area contributed by atoms with E-state index in [2.05, 4.69) is 20.6 Å². The van der Waals surface area contributed by atoms with Gasteiger partial charge in [-0.2, -0.15) is 13.2 Å². The normalized spacial score (nSPS) is 19.3. The van der Waals surface area contributed by atoms with Crippen LogP contribution in [0.15, 0.2) is 30.5 Å². The summed E-state index contributed by atoms with van der Waals surface area (Å²) < 4.78 is 70.9. The zero-order valence-corrected chi connectivity index (χ0v) is 19.6. The van der Waals surface area contributed by atoms with Crippen molar-refractivity contribution in [2.45, 2.75) is 31.1 Å². The molecule has 0 aliphatic carbocycles. The molecule has 2 aliphatic heterocycles. The van der Waals surface area contributed by atoms with Gasteiger partial charge in [0.05, 0.1) is 12.6 Å². The van der Waals surface area contributed by atoms with Crippen molar-refractivity contribution in [3.8, 4) is 0 Å². The van der Waals surface area contributed by atoms with Gasteiger partial charge in [-0.1, -0.05) is 6.07 Å². The highest BCUT2D eigenvalue weighted by Crippen LogP contribution is 2.29. The van der Waals surface area contributed by atoms with E-state index >= 15 is 0 Å². The number of imide groups is 1. The lowest BCUT2D eigenvalue weighted by Gasteiger charge is -2.34. The Kier molecular flexibility index (Phi) is 8.17. The fraction of sp³-hybridized carbons (Fsp3) is 0.478. The van der Waals surface area contributed by atoms with Gasteiger partial charge >= 0.3 is 12.2 Å². The average molecular weight is 528 g/mol. The van der Waals surface area contributed by atoms with Crippen molar-refractivity contribution in [1.29, 1.82) is 0 Å². The fourth-order valence-electron chi connectivity index (χ4n) is 4.27. The number of ether oxygens (including phenoxy) is 1. The molecule has 2 N–H and O–H groups in total. The van der Waals surface area contributed by atoms with E-state index < -0.39 is 41.5 Å². The number of benzene rings is 1. The lowest BCUT2D eigenvalue weighted by molar-refractivity contribution is -0.143. The van der Waals surface area contributed by atoms with Crippen molar-refractivity contribution < 1.29 is 36.3 Å². The molecule has 0 bridgehead atoms. The summed E-state index contributed by atoms with van der Waals surface area (Å²) in [5, 5.41) is 5.92. The number of amides is 3. The van der Waals surface area contributed by atoms with Gasteiger partial charge in [-0.3, -0.25) is 9.69 Å². The Morgan fingerprint density at radius 2 is 1.86 bits per heavy atom. The summed E-state index contributed by atoms with van der Waals surface area (Å²) in [7, 11) is 0. The van der Waals surface area contributed by atoms with Gasteiger partial charge < -0.3 is 20.3 Å². The lowest BCUT2D eigenvalue weighted by Crippen LogP contribution is -2.52. The van der Waals surface area contributed by atoms with Gasteiger partial charge in [0.25, 0.3) is 5.91 Å². The van der Waals surface area contributed by atoms with Crippen molar-refractivity contribution in [3.05, 3.63) is 53.4 Å². The molecule has 1 aromatic carbocycles. The van der Waals surface area contributed by atoms with Gasteiger partial charge in [0, 0.05) is 38.4 Å². The van der Waals surface area contributed by atoms with Crippen LogP contribution < -0.4 is 15.5 Å². The topological polar surface area (TPSA) is 99.7 Å². The predicted octanol–water partition coefficient (Wildman–Crippen LogP) is 2.64. The van der Waals surface area contributed by atoms with Crippen LogP contribution in [-0.4, -0.2) is 72.2 Å². The number of piperidine rings is 1. The molecule has 9 nitrogen and oxygen atoms in total. The minimum atomic E-state index is -4.54. The first kappa shape index (κ1) is 26.7. The number of aromatic nitrogens is 2. The van der Waals surface area contributed by atoms with Crippen LogP contribution in [-0.2, 0) is 15.7 Å². The Hall–Kier alpha value is -3.39. The van der Waals surface area contributed by atoms with Crippen LogP contribution >= 0.6 is 0 Å². The maximum absolute atomic E-state index is 13.7. The number of anilines is 1. The van der Waals surface area contributed by atoms with Gasteiger partial charge in [0.2, 0.25) is 5.95 Å². The molecule has 0 radical (unpaired) electrons. The summed E-state index contributed by atoms with van der Waals surface area (Å²) in [6, 6.07) is 2.47. The van der Waals surface area contributed by atoms with Crippen LogP contribution in [0.4, 0.5) is 32.7 Å². The molecule has 2 fully saturated rings. The molecule has 0 saturated carbocycles. The largest absolute Gasteiger partial charge is 0.433 e. The monoisotopic (exact) mass is 528 g/mol. The number of carbonyl (C=O) groups excluding carboxylic acids is 2. The second kappa shape index (κ2) is 11.3. The molecule has 37 heavy (non-hydrogen) atoms. The fourth-order valence-corrected chi connectivity index (χ4v) is 4.27. The van der Waals surface area contributed by atoms with Crippen molar-refractivity contribution in [3.63, 3.8) is 0 Å². The van der Waals surface area contributed by atoms with Crippen molar-refractivity contribution in [2.24, 2.45) is 0 Å². The first-order chi connectivity index (χ1) is 17.6. The maximum Gasteiger partial charge on any atom is 0.433 e. The van der Waals surface area contributed by atoms with E-state index in [1.54, 1.807) is 4.90 Å². The molecule has 4 rings (SSSR count). The number of morpholine rings is 1. The van der Waals surface area contributed by atoms with Crippen LogP contribution in [0.3, 0.4) is 0 Å². The summed E-state index contributed by atoms with van der Waals surface area (Å²) in [6.07, 6.45) is -2.18. The highest BCUT2D eigenvalue weighted by atomic mass is 19.4. The number of hydrogen-bond acceptors (Lipinski definition) is 7. The Bertz CT molecular complexity index is 1130. The number of halogens is 5. The molecule has 2 saturated heterocycles. The number of alkyl halides is 3. The molecule has 2 aliphatic rings. The van der Waals surface area contributed by atoms with Crippen molar-refractivity contribution >= 4 is 17.9 Å². The molecular weight excluding hydrogens is 503 g/mol. The van der Waals surface area contributed by atoms with Gasteiger partial charge in [-0.05, 0) is 36.6 Å². The average Bonchev–Trinajstić information content (AvgIpc) is 2.88. The summed E-state index contributed by atoms with van der Waals surface area (Å²) in [5.74, 6) is -2.70. The number of nitrogens with zero attached hydrogens (tertiary/aromatic N) is 4. The summed E-state index contributed by atoms with van der Waals surface area (Å²) >= 11 is 0. The summed E-state index contributed by atoms with van der Waals surface area (Å²) in [6.45, 7) is 1.14. The molecule has 0 unspecified atom stereocenters. The highest BCUT2D eigenvalue weighted by Gasteiger charge is 2.36. The van der Waals surface area contributed by atoms with Crippen LogP contribution in [0.2, 0.25) is 0 Å². The molecule has 200 valence electrons. The molecule has 0 spiro atoms. The van der Waals surface area contributed by atoms with E-state index in [1.165, 1.54) is 6.07 Å². The van der Waals surface area contributed by atoms with Crippen LogP contribution in [0.5, 0.6) is 0 Å². The molecule has 2 aromatic rings. The second-order valence-corrected chi connectivity index (χ2v) is 8.66. The Morgan fingerprint density at radius 3 is 2.57 bits per heavy atom. The maximum atomic E-state index is 13.7. The van der Waals surface area contributed by atoms with E-state index in [1.807, 2.05) is 0 Å². The van der Waals surface area contributed by atoms with E-state index in [9.17, 15) is 31.5 Å². The molecule has 3 heterocycles.